The predicted molar refractivity (Wildman–Crippen MR) is 118 cm³/mol. The Kier molecular flexibility index (Phi) is 6.55. The van der Waals surface area contributed by atoms with Gasteiger partial charge in [-0.2, -0.15) is 0 Å². The zero-order chi connectivity index (χ0) is 22.5. The van der Waals surface area contributed by atoms with Gasteiger partial charge in [-0.3, -0.25) is 9.59 Å². The lowest BCUT2D eigenvalue weighted by Gasteiger charge is -2.21. The van der Waals surface area contributed by atoms with Gasteiger partial charge in [0, 0.05) is 31.4 Å². The van der Waals surface area contributed by atoms with E-state index in [1.54, 1.807) is 36.2 Å². The second-order valence-electron chi connectivity index (χ2n) is 7.01. The van der Waals surface area contributed by atoms with Crippen molar-refractivity contribution in [2.24, 2.45) is 7.05 Å². The lowest BCUT2D eigenvalue weighted by molar-refractivity contribution is -0.113. The van der Waals surface area contributed by atoms with Crippen LogP contribution in [0.1, 0.15) is 22.8 Å². The van der Waals surface area contributed by atoms with Gasteiger partial charge in [-0.15, -0.1) is 5.10 Å². The number of rotatable bonds is 8. The van der Waals surface area contributed by atoms with Crippen molar-refractivity contribution in [2.45, 2.75) is 18.6 Å². The smallest absolute Gasteiger partial charge is 0.254 e. The first-order valence-corrected chi connectivity index (χ1v) is 10.9. The fourth-order valence-electron chi connectivity index (χ4n) is 3.14. The molecule has 1 aliphatic rings. The average Bonchev–Trinajstić information content (AvgIpc) is 3.44. The first-order valence-electron chi connectivity index (χ1n) is 9.96. The Bertz CT molecular complexity index is 1120. The number of carbonyl (C=O) groups is 2. The largest absolute Gasteiger partial charge is 0.454 e. The van der Waals surface area contributed by atoms with E-state index in [1.807, 2.05) is 25.1 Å². The van der Waals surface area contributed by atoms with Gasteiger partial charge in [0.1, 0.15) is 0 Å². The van der Waals surface area contributed by atoms with Gasteiger partial charge in [-0.25, -0.2) is 4.68 Å². The second-order valence-corrected chi connectivity index (χ2v) is 7.95. The minimum absolute atomic E-state index is 0.0895. The highest BCUT2D eigenvalue weighted by Gasteiger charge is 2.18. The van der Waals surface area contributed by atoms with Crippen LogP contribution in [0.25, 0.3) is 0 Å². The van der Waals surface area contributed by atoms with E-state index in [9.17, 15) is 9.59 Å². The molecule has 166 valence electrons. The maximum absolute atomic E-state index is 13.0. The number of benzene rings is 2. The molecule has 4 rings (SSSR count). The van der Waals surface area contributed by atoms with Crippen molar-refractivity contribution in [3.05, 3.63) is 53.6 Å². The zero-order valence-electron chi connectivity index (χ0n) is 17.6. The fraction of sp³-hybridized carbons (Fsp3) is 0.286. The van der Waals surface area contributed by atoms with Gasteiger partial charge in [0.05, 0.1) is 5.75 Å². The van der Waals surface area contributed by atoms with Crippen molar-refractivity contribution in [1.82, 2.24) is 25.1 Å². The molecule has 0 radical (unpaired) electrons. The summed E-state index contributed by atoms with van der Waals surface area (Å²) in [5, 5.41) is 14.5. The molecule has 2 aromatic carbocycles. The number of carbonyl (C=O) groups excluding carboxylic acids is 2. The molecule has 1 aromatic heterocycles. The number of aryl methyl sites for hydroxylation is 1. The van der Waals surface area contributed by atoms with Gasteiger partial charge < -0.3 is 19.7 Å². The standard InChI is InChI=1S/C21H22N6O4S/c1-3-27(11-14-4-9-17-18(10-14)31-13-30-17)20(29)15-5-7-16(8-6-15)22-19(28)12-32-21-23-24-25-26(21)2/h4-10H,3,11-13H2,1-2H3,(H,22,28). The minimum Gasteiger partial charge on any atom is -0.454 e. The monoisotopic (exact) mass is 454 g/mol. The van der Waals surface area contributed by atoms with E-state index in [0.717, 1.165) is 5.56 Å². The van der Waals surface area contributed by atoms with E-state index in [4.69, 9.17) is 9.47 Å². The number of hydrogen-bond acceptors (Lipinski definition) is 8. The van der Waals surface area contributed by atoms with E-state index in [2.05, 4.69) is 20.8 Å². The van der Waals surface area contributed by atoms with E-state index >= 15 is 0 Å². The van der Waals surface area contributed by atoms with E-state index in [0.29, 0.717) is 41.0 Å². The van der Waals surface area contributed by atoms with Crippen LogP contribution in [-0.4, -0.2) is 56.0 Å². The summed E-state index contributed by atoms with van der Waals surface area (Å²) in [7, 11) is 1.71. The van der Waals surface area contributed by atoms with Crippen molar-refractivity contribution in [3.8, 4) is 11.5 Å². The van der Waals surface area contributed by atoms with Crippen molar-refractivity contribution in [1.29, 1.82) is 0 Å². The van der Waals surface area contributed by atoms with Gasteiger partial charge in [0.2, 0.25) is 17.9 Å². The number of thioether (sulfide) groups is 1. The molecular weight excluding hydrogens is 432 g/mol. The topological polar surface area (TPSA) is 111 Å². The van der Waals surface area contributed by atoms with Gasteiger partial charge in [-0.1, -0.05) is 17.8 Å². The summed E-state index contributed by atoms with van der Waals surface area (Å²) in [5.41, 5.74) is 2.12. The second kappa shape index (κ2) is 9.69. The molecular formula is C21H22N6O4S. The van der Waals surface area contributed by atoms with Gasteiger partial charge >= 0.3 is 0 Å². The van der Waals surface area contributed by atoms with E-state index < -0.39 is 0 Å². The van der Waals surface area contributed by atoms with Crippen molar-refractivity contribution in [2.75, 3.05) is 24.4 Å². The van der Waals surface area contributed by atoms with Crippen molar-refractivity contribution < 1.29 is 19.1 Å². The van der Waals surface area contributed by atoms with Crippen LogP contribution in [0.15, 0.2) is 47.6 Å². The first-order chi connectivity index (χ1) is 15.5. The lowest BCUT2D eigenvalue weighted by atomic mass is 10.1. The molecule has 0 bridgehead atoms. The van der Waals surface area contributed by atoms with Crippen LogP contribution in [0, 0.1) is 0 Å². The molecule has 1 N–H and O–H groups in total. The molecule has 0 fully saturated rings. The highest BCUT2D eigenvalue weighted by atomic mass is 32.2. The number of nitrogens with one attached hydrogen (secondary N) is 1. The molecule has 0 atom stereocenters. The van der Waals surface area contributed by atoms with Crippen LogP contribution in [0.2, 0.25) is 0 Å². The van der Waals surface area contributed by atoms with Crippen molar-refractivity contribution in [3.63, 3.8) is 0 Å². The number of fused-ring (bicyclic) bond motifs is 1. The summed E-state index contributed by atoms with van der Waals surface area (Å²) < 4.78 is 12.3. The summed E-state index contributed by atoms with van der Waals surface area (Å²) in [6.45, 7) is 3.16. The molecule has 0 saturated heterocycles. The molecule has 0 saturated carbocycles. The Morgan fingerprint density at radius 3 is 2.66 bits per heavy atom. The number of nitrogens with zero attached hydrogens (tertiary/aromatic N) is 5. The normalized spacial score (nSPS) is 11.9. The summed E-state index contributed by atoms with van der Waals surface area (Å²) >= 11 is 1.24. The number of hydrogen-bond donors (Lipinski definition) is 1. The molecule has 2 heterocycles. The first kappa shape index (κ1) is 21.6. The van der Waals surface area contributed by atoms with E-state index in [1.165, 1.54) is 16.4 Å². The Labute approximate surface area is 188 Å². The van der Waals surface area contributed by atoms with E-state index in [-0.39, 0.29) is 24.4 Å². The van der Waals surface area contributed by atoms with Crippen LogP contribution in [0.3, 0.4) is 0 Å². The summed E-state index contributed by atoms with van der Waals surface area (Å²) in [5.74, 6) is 1.31. The lowest BCUT2D eigenvalue weighted by Crippen LogP contribution is -2.30. The Morgan fingerprint density at radius 2 is 1.94 bits per heavy atom. The maximum atomic E-state index is 13.0. The van der Waals surface area contributed by atoms with Crippen LogP contribution < -0.4 is 14.8 Å². The van der Waals surface area contributed by atoms with Crippen LogP contribution in [0.5, 0.6) is 11.5 Å². The minimum atomic E-state index is -0.185. The van der Waals surface area contributed by atoms with Crippen LogP contribution in [-0.2, 0) is 18.4 Å². The summed E-state index contributed by atoms with van der Waals surface area (Å²) in [4.78, 5) is 26.9. The molecule has 3 aromatic rings. The Balaban J connectivity index is 1.34. The van der Waals surface area contributed by atoms with Crippen LogP contribution in [0.4, 0.5) is 5.69 Å². The molecule has 32 heavy (non-hydrogen) atoms. The molecule has 0 aliphatic carbocycles. The third-order valence-corrected chi connectivity index (χ3v) is 5.82. The average molecular weight is 455 g/mol. The zero-order valence-corrected chi connectivity index (χ0v) is 18.5. The number of ether oxygens (including phenoxy) is 2. The SMILES string of the molecule is CCN(Cc1ccc2c(c1)OCO2)C(=O)c1ccc(NC(=O)CSc2nnnn2C)cc1. The highest BCUT2D eigenvalue weighted by molar-refractivity contribution is 7.99. The van der Waals surface area contributed by atoms with Crippen LogP contribution >= 0.6 is 11.8 Å². The Hall–Kier alpha value is -3.60. The third-order valence-electron chi connectivity index (χ3n) is 4.81. The predicted octanol–water partition coefficient (Wildman–Crippen LogP) is 2.33. The number of amides is 2. The highest BCUT2D eigenvalue weighted by Crippen LogP contribution is 2.33. The van der Waals surface area contributed by atoms with Crippen molar-refractivity contribution >= 4 is 29.3 Å². The Morgan fingerprint density at radius 1 is 1.16 bits per heavy atom. The summed E-state index contributed by atoms with van der Waals surface area (Å²) in [6, 6.07) is 12.5. The van der Waals surface area contributed by atoms with Gasteiger partial charge in [0.25, 0.3) is 5.91 Å². The molecule has 10 nitrogen and oxygen atoms in total. The fourth-order valence-corrected chi connectivity index (χ4v) is 3.79. The third kappa shape index (κ3) is 4.99. The maximum Gasteiger partial charge on any atom is 0.254 e. The number of aromatic nitrogens is 4. The molecule has 0 spiro atoms. The molecule has 11 heteroatoms. The molecule has 2 amide bonds. The van der Waals surface area contributed by atoms with Gasteiger partial charge in [-0.05, 0) is 59.3 Å². The van der Waals surface area contributed by atoms with Gasteiger partial charge in [0.15, 0.2) is 11.5 Å². The number of tetrazole rings is 1. The molecule has 1 aliphatic heterocycles. The summed E-state index contributed by atoms with van der Waals surface area (Å²) in [6.07, 6.45) is 0. The quantitative estimate of drug-likeness (QED) is 0.516. The number of anilines is 1. The molecule has 0 unspecified atom stereocenters.